The van der Waals surface area contributed by atoms with Gasteiger partial charge in [0.1, 0.15) is 10.6 Å². The highest BCUT2D eigenvalue weighted by atomic mass is 35.5. The number of amides is 1. The second kappa shape index (κ2) is 11.9. The summed E-state index contributed by atoms with van der Waals surface area (Å²) in [5.74, 6) is 0.730. The Balaban J connectivity index is 1.51. The number of carbonyl (C=O) groups excluding carboxylic acids is 1. The Morgan fingerprint density at radius 2 is 1.76 bits per heavy atom. The molecule has 2 N–H and O–H groups in total. The highest BCUT2D eigenvalue weighted by Crippen LogP contribution is 2.38. The van der Waals surface area contributed by atoms with Gasteiger partial charge in [0.15, 0.2) is 0 Å². The smallest absolute Gasteiger partial charge is 0.266 e. The Morgan fingerprint density at radius 3 is 2.42 bits per heavy atom. The molecule has 0 spiro atoms. The summed E-state index contributed by atoms with van der Waals surface area (Å²) in [4.78, 5) is 16.8. The Morgan fingerprint density at radius 1 is 1.05 bits per heavy atom. The molecule has 0 aliphatic heterocycles. The minimum atomic E-state index is -0.0242. The zero-order chi connectivity index (χ0) is 26.6. The van der Waals surface area contributed by atoms with Crippen LogP contribution in [0, 0.1) is 0 Å². The van der Waals surface area contributed by atoms with Gasteiger partial charge in [0.25, 0.3) is 5.91 Å². The minimum absolute atomic E-state index is 0.0152. The molecule has 0 saturated heterocycles. The van der Waals surface area contributed by atoms with Crippen molar-refractivity contribution in [2.24, 2.45) is 0 Å². The van der Waals surface area contributed by atoms with E-state index in [0.29, 0.717) is 22.5 Å². The molecule has 1 heterocycles. The highest BCUT2D eigenvalue weighted by Gasteiger charge is 2.32. The number of rotatable bonds is 8. The van der Waals surface area contributed by atoms with Gasteiger partial charge >= 0.3 is 0 Å². The van der Waals surface area contributed by atoms with Gasteiger partial charge in [0.2, 0.25) is 0 Å². The molecule has 1 aliphatic carbocycles. The van der Waals surface area contributed by atoms with Crippen molar-refractivity contribution in [2.45, 2.75) is 50.9 Å². The molecule has 0 radical (unpaired) electrons. The molecule has 1 amide bonds. The van der Waals surface area contributed by atoms with Crippen LogP contribution in [0.3, 0.4) is 0 Å². The van der Waals surface area contributed by atoms with Crippen molar-refractivity contribution in [2.75, 3.05) is 14.2 Å². The molecule has 1 aliphatic rings. The summed E-state index contributed by atoms with van der Waals surface area (Å²) < 4.78 is 6.77. The summed E-state index contributed by atoms with van der Waals surface area (Å²) in [7, 11) is 3.68. The van der Waals surface area contributed by atoms with Crippen molar-refractivity contribution in [3.63, 3.8) is 0 Å². The zero-order valence-corrected chi connectivity index (χ0v) is 23.3. The van der Waals surface area contributed by atoms with Gasteiger partial charge in [-0.05, 0) is 67.6 Å². The number of benzene rings is 3. The third-order valence-electron chi connectivity index (χ3n) is 7.63. The average molecular weight is 549 g/mol. The molecule has 5 nitrogen and oxygen atoms in total. The normalized spacial score (nSPS) is 17.5. The first-order valence-corrected chi connectivity index (χ1v) is 14.2. The second-order valence-corrected chi connectivity index (χ2v) is 11.3. The molecule has 1 aromatic heterocycles. The number of aliphatic hydroxyl groups is 1. The first kappa shape index (κ1) is 26.7. The van der Waals surface area contributed by atoms with E-state index in [1.807, 2.05) is 72.6 Å². The zero-order valence-electron chi connectivity index (χ0n) is 21.7. The maximum absolute atomic E-state index is 14.2. The molecular formula is C31H33ClN2O3S. The number of hydrogen-bond donors (Lipinski definition) is 2. The number of aliphatic hydroxyl groups excluding tert-OH is 1. The predicted octanol–water partition coefficient (Wildman–Crippen LogP) is 6.90. The molecule has 198 valence electrons. The van der Waals surface area contributed by atoms with E-state index in [2.05, 4.69) is 11.4 Å². The lowest BCUT2D eigenvalue weighted by Crippen LogP contribution is -2.44. The van der Waals surface area contributed by atoms with Crippen LogP contribution in [0.15, 0.2) is 66.7 Å². The summed E-state index contributed by atoms with van der Waals surface area (Å²) in [5, 5.41) is 14.3. The average Bonchev–Trinajstić information content (AvgIpc) is 3.32. The van der Waals surface area contributed by atoms with Crippen molar-refractivity contribution in [3.05, 3.63) is 87.8 Å². The summed E-state index contributed by atoms with van der Waals surface area (Å²) in [6, 6.07) is 22.5. The van der Waals surface area contributed by atoms with Crippen LogP contribution in [0.2, 0.25) is 5.02 Å². The van der Waals surface area contributed by atoms with Crippen LogP contribution < -0.4 is 10.1 Å². The molecule has 0 unspecified atom stereocenters. The number of methoxy groups -OCH3 is 1. The highest BCUT2D eigenvalue weighted by molar-refractivity contribution is 7.21. The van der Waals surface area contributed by atoms with Crippen LogP contribution in [0.4, 0.5) is 0 Å². The molecule has 38 heavy (non-hydrogen) atoms. The van der Waals surface area contributed by atoms with E-state index in [9.17, 15) is 9.90 Å². The monoisotopic (exact) mass is 548 g/mol. The van der Waals surface area contributed by atoms with E-state index in [0.717, 1.165) is 63.8 Å². The molecule has 0 bridgehead atoms. The van der Waals surface area contributed by atoms with Crippen LogP contribution in [-0.2, 0) is 13.2 Å². The van der Waals surface area contributed by atoms with Crippen LogP contribution in [0.1, 0.15) is 46.5 Å². The van der Waals surface area contributed by atoms with Crippen LogP contribution in [0.25, 0.3) is 21.2 Å². The molecular weight excluding hydrogens is 516 g/mol. The van der Waals surface area contributed by atoms with Gasteiger partial charge in [-0.2, -0.15) is 0 Å². The van der Waals surface area contributed by atoms with E-state index >= 15 is 0 Å². The Labute approximate surface area is 233 Å². The van der Waals surface area contributed by atoms with E-state index in [1.165, 1.54) is 11.3 Å². The predicted molar refractivity (Wildman–Crippen MR) is 156 cm³/mol. The molecule has 4 aromatic rings. The molecule has 1 fully saturated rings. The Kier molecular flexibility index (Phi) is 8.34. The fraction of sp³-hybridized carbons (Fsp3) is 0.323. The van der Waals surface area contributed by atoms with Gasteiger partial charge < -0.3 is 20.1 Å². The lowest BCUT2D eigenvalue weighted by atomic mass is 9.89. The largest absolute Gasteiger partial charge is 0.496 e. The van der Waals surface area contributed by atoms with Gasteiger partial charge in [-0.25, -0.2) is 0 Å². The molecule has 7 heteroatoms. The van der Waals surface area contributed by atoms with Gasteiger partial charge in [0, 0.05) is 34.3 Å². The van der Waals surface area contributed by atoms with E-state index < -0.39 is 0 Å². The molecule has 1 saturated carbocycles. The van der Waals surface area contributed by atoms with Gasteiger partial charge in [-0.15, -0.1) is 11.3 Å². The molecule has 3 aromatic carbocycles. The number of thiophene rings is 1. The summed E-state index contributed by atoms with van der Waals surface area (Å²) in [6.07, 6.45) is 3.92. The first-order chi connectivity index (χ1) is 18.5. The number of nitrogens with zero attached hydrogens (tertiary/aromatic N) is 1. The maximum atomic E-state index is 14.2. The Hall–Kier alpha value is -2.90. The standard InChI is InChI=1S/C31H33ClN2O3S/c1-33-24-12-14-25(15-13-24)34(31(36)30-29(32)26-5-3-4-6-28(26)38-30)18-23-17-22(11-16-27(23)37-2)21-9-7-20(19-35)8-10-21/h3-11,16-17,24-25,33,35H,12-15,18-19H2,1-2H3/t24-,25-. The topological polar surface area (TPSA) is 61.8 Å². The van der Waals surface area contributed by atoms with E-state index in [-0.39, 0.29) is 18.6 Å². The van der Waals surface area contributed by atoms with Crippen molar-refractivity contribution in [3.8, 4) is 16.9 Å². The van der Waals surface area contributed by atoms with Crippen molar-refractivity contribution < 1.29 is 14.6 Å². The second-order valence-electron chi connectivity index (χ2n) is 9.85. The fourth-order valence-electron chi connectivity index (χ4n) is 5.39. The minimum Gasteiger partial charge on any atom is -0.496 e. The molecule has 5 rings (SSSR count). The number of fused-ring (bicyclic) bond motifs is 1. The number of halogens is 1. The summed E-state index contributed by atoms with van der Waals surface area (Å²) >= 11 is 8.25. The number of nitrogens with one attached hydrogen (secondary N) is 1. The van der Waals surface area contributed by atoms with Crippen LogP contribution >= 0.6 is 22.9 Å². The fourth-order valence-corrected chi connectivity index (χ4v) is 6.86. The van der Waals surface area contributed by atoms with Crippen molar-refractivity contribution in [1.29, 1.82) is 0 Å². The van der Waals surface area contributed by atoms with Gasteiger partial charge in [-0.3, -0.25) is 4.79 Å². The maximum Gasteiger partial charge on any atom is 0.266 e. The Bertz CT molecular complexity index is 1410. The lowest BCUT2D eigenvalue weighted by Gasteiger charge is -2.37. The quantitative estimate of drug-likeness (QED) is 0.251. The number of ether oxygens (including phenoxy) is 1. The van der Waals surface area contributed by atoms with Crippen LogP contribution in [-0.4, -0.2) is 42.2 Å². The van der Waals surface area contributed by atoms with Crippen LogP contribution in [0.5, 0.6) is 5.75 Å². The first-order valence-electron chi connectivity index (χ1n) is 13.0. The van der Waals surface area contributed by atoms with E-state index in [4.69, 9.17) is 16.3 Å². The third-order valence-corrected chi connectivity index (χ3v) is 9.29. The van der Waals surface area contributed by atoms with Crippen molar-refractivity contribution >= 4 is 38.9 Å². The molecule has 0 atom stereocenters. The SMILES string of the molecule is CN[C@H]1CC[C@H](N(Cc2cc(-c3ccc(CO)cc3)ccc2OC)C(=O)c2sc3ccccc3c2Cl)CC1. The summed E-state index contributed by atoms with van der Waals surface area (Å²) in [5.41, 5.74) is 3.91. The summed E-state index contributed by atoms with van der Waals surface area (Å²) in [6.45, 7) is 0.450. The number of hydrogen-bond acceptors (Lipinski definition) is 5. The van der Waals surface area contributed by atoms with Crippen molar-refractivity contribution in [1.82, 2.24) is 10.2 Å². The van der Waals surface area contributed by atoms with Gasteiger partial charge in [0.05, 0.1) is 18.7 Å². The van der Waals surface area contributed by atoms with Gasteiger partial charge in [-0.1, -0.05) is 60.1 Å². The third kappa shape index (κ3) is 5.45. The number of carbonyl (C=O) groups is 1. The lowest BCUT2D eigenvalue weighted by molar-refractivity contribution is 0.0604. The van der Waals surface area contributed by atoms with E-state index in [1.54, 1.807) is 7.11 Å².